The summed E-state index contributed by atoms with van der Waals surface area (Å²) in [6.07, 6.45) is 1.90. The number of anilines is 4. The van der Waals surface area contributed by atoms with Crippen LogP contribution in [0.2, 0.25) is 0 Å². The molecule has 0 spiro atoms. The van der Waals surface area contributed by atoms with Crippen molar-refractivity contribution in [3.05, 3.63) is 46.5 Å². The third-order valence-electron chi connectivity index (χ3n) is 4.01. The van der Waals surface area contributed by atoms with Crippen molar-refractivity contribution >= 4 is 22.7 Å². The van der Waals surface area contributed by atoms with Crippen LogP contribution in [-0.2, 0) is 12.8 Å². The van der Waals surface area contributed by atoms with Crippen LogP contribution in [0.4, 0.5) is 22.7 Å². The first-order chi connectivity index (χ1) is 10.3. The Morgan fingerprint density at radius 2 is 1.09 bits per heavy atom. The molecule has 0 fully saturated rings. The zero-order valence-electron chi connectivity index (χ0n) is 14.0. The van der Waals surface area contributed by atoms with Crippen LogP contribution < -0.4 is 22.9 Å². The lowest BCUT2D eigenvalue weighted by Gasteiger charge is -2.09. The molecule has 0 amide bonds. The first kappa shape index (κ1) is 17.7. The summed E-state index contributed by atoms with van der Waals surface area (Å²) in [5, 5.41) is 0. The molecule has 0 saturated carbocycles. The first-order valence-corrected chi connectivity index (χ1v) is 7.59. The highest BCUT2D eigenvalue weighted by Gasteiger charge is 2.03. The molecular formula is C18H28N4. The Hall–Kier alpha value is -2.36. The number of benzene rings is 2. The molecule has 0 aromatic heterocycles. The fraction of sp³-hybridized carbons (Fsp3) is 0.333. The Morgan fingerprint density at radius 3 is 1.41 bits per heavy atom. The highest BCUT2D eigenvalue weighted by molar-refractivity contribution is 5.61. The molecule has 2 aromatic rings. The molecular weight excluding hydrogens is 272 g/mol. The van der Waals surface area contributed by atoms with Crippen molar-refractivity contribution in [1.29, 1.82) is 0 Å². The summed E-state index contributed by atoms with van der Waals surface area (Å²) in [5.41, 5.74) is 30.7. The molecule has 22 heavy (non-hydrogen) atoms. The molecule has 2 aromatic carbocycles. The lowest BCUT2D eigenvalue weighted by molar-refractivity contribution is 1.10. The number of hydrogen-bond acceptors (Lipinski definition) is 4. The summed E-state index contributed by atoms with van der Waals surface area (Å²) in [6, 6.07) is 7.57. The Balaban J connectivity index is 0.000000224. The SMILES string of the molecule is CCc1cc(N)cc(CC)c1N.Cc1c(N)ccc(N)c1C. The first-order valence-electron chi connectivity index (χ1n) is 7.59. The predicted molar refractivity (Wildman–Crippen MR) is 98.8 cm³/mol. The Morgan fingerprint density at radius 1 is 0.727 bits per heavy atom. The second-order valence-corrected chi connectivity index (χ2v) is 5.45. The van der Waals surface area contributed by atoms with Gasteiger partial charge >= 0.3 is 0 Å². The van der Waals surface area contributed by atoms with E-state index in [1.54, 1.807) is 0 Å². The van der Waals surface area contributed by atoms with Gasteiger partial charge in [0, 0.05) is 22.7 Å². The lowest BCUT2D eigenvalue weighted by atomic mass is 10.0. The monoisotopic (exact) mass is 300 g/mol. The van der Waals surface area contributed by atoms with E-state index in [1.165, 1.54) is 0 Å². The van der Waals surface area contributed by atoms with Crippen LogP contribution >= 0.6 is 0 Å². The van der Waals surface area contributed by atoms with Gasteiger partial charge in [-0.2, -0.15) is 0 Å². The molecule has 4 heteroatoms. The van der Waals surface area contributed by atoms with Gasteiger partial charge in [0.1, 0.15) is 0 Å². The van der Waals surface area contributed by atoms with Gasteiger partial charge in [0.15, 0.2) is 0 Å². The van der Waals surface area contributed by atoms with Gasteiger partial charge in [0.2, 0.25) is 0 Å². The van der Waals surface area contributed by atoms with Crippen molar-refractivity contribution in [2.45, 2.75) is 40.5 Å². The molecule has 120 valence electrons. The maximum absolute atomic E-state index is 5.92. The van der Waals surface area contributed by atoms with Gasteiger partial charge in [0.05, 0.1) is 0 Å². The Labute approximate surface area is 133 Å². The molecule has 0 heterocycles. The molecule has 0 saturated heterocycles. The summed E-state index contributed by atoms with van der Waals surface area (Å²) < 4.78 is 0. The predicted octanol–water partition coefficient (Wildman–Crippen LogP) is 3.44. The maximum atomic E-state index is 5.92. The topological polar surface area (TPSA) is 104 Å². The van der Waals surface area contributed by atoms with E-state index < -0.39 is 0 Å². The fourth-order valence-corrected chi connectivity index (χ4v) is 2.25. The molecule has 0 unspecified atom stereocenters. The summed E-state index contributed by atoms with van der Waals surface area (Å²) in [7, 11) is 0. The average Bonchev–Trinajstić information content (AvgIpc) is 2.51. The number of rotatable bonds is 2. The van der Waals surface area contributed by atoms with E-state index in [1.807, 2.05) is 38.1 Å². The van der Waals surface area contributed by atoms with Crippen LogP contribution in [0.5, 0.6) is 0 Å². The van der Waals surface area contributed by atoms with Gasteiger partial charge in [-0.1, -0.05) is 13.8 Å². The average molecular weight is 300 g/mol. The van der Waals surface area contributed by atoms with E-state index in [9.17, 15) is 0 Å². The standard InChI is InChI=1S/C10H16N2.C8H12N2/c1-3-7-5-9(11)6-8(4-2)10(7)12;1-5-6(2)8(10)4-3-7(5)9/h5-6H,3-4,11-12H2,1-2H3;3-4H,9-10H2,1-2H3. The van der Waals surface area contributed by atoms with E-state index in [0.29, 0.717) is 0 Å². The molecule has 0 aliphatic heterocycles. The summed E-state index contributed by atoms with van der Waals surface area (Å²) in [4.78, 5) is 0. The van der Waals surface area contributed by atoms with Crippen molar-refractivity contribution in [3.8, 4) is 0 Å². The van der Waals surface area contributed by atoms with Gasteiger partial charge in [-0.3, -0.25) is 0 Å². The second-order valence-electron chi connectivity index (χ2n) is 5.45. The van der Waals surface area contributed by atoms with Gasteiger partial charge in [-0.15, -0.1) is 0 Å². The fourth-order valence-electron chi connectivity index (χ4n) is 2.25. The summed E-state index contributed by atoms with van der Waals surface area (Å²) >= 11 is 0. The highest BCUT2D eigenvalue weighted by Crippen LogP contribution is 2.22. The van der Waals surface area contributed by atoms with Crippen molar-refractivity contribution in [2.24, 2.45) is 0 Å². The van der Waals surface area contributed by atoms with Crippen LogP contribution in [0.3, 0.4) is 0 Å². The van der Waals surface area contributed by atoms with Crippen molar-refractivity contribution in [2.75, 3.05) is 22.9 Å². The normalized spacial score (nSPS) is 10.0. The number of hydrogen-bond donors (Lipinski definition) is 4. The van der Waals surface area contributed by atoms with Crippen LogP contribution in [0.15, 0.2) is 24.3 Å². The third-order valence-corrected chi connectivity index (χ3v) is 4.01. The van der Waals surface area contributed by atoms with Gasteiger partial charge in [0.25, 0.3) is 0 Å². The van der Waals surface area contributed by atoms with Crippen LogP contribution in [-0.4, -0.2) is 0 Å². The Bertz CT molecular complexity index is 596. The van der Waals surface area contributed by atoms with E-state index in [4.69, 9.17) is 22.9 Å². The number of aryl methyl sites for hydroxylation is 2. The van der Waals surface area contributed by atoms with Crippen LogP contribution in [0.1, 0.15) is 36.1 Å². The molecule has 2 rings (SSSR count). The van der Waals surface area contributed by atoms with Crippen LogP contribution in [0.25, 0.3) is 0 Å². The molecule has 0 aliphatic carbocycles. The largest absolute Gasteiger partial charge is 0.399 e. The van der Waals surface area contributed by atoms with Gasteiger partial charge in [-0.05, 0) is 73.2 Å². The maximum Gasteiger partial charge on any atom is 0.0380 e. The van der Waals surface area contributed by atoms with E-state index in [-0.39, 0.29) is 0 Å². The van der Waals surface area contributed by atoms with E-state index in [0.717, 1.165) is 57.8 Å². The zero-order chi connectivity index (χ0) is 16.9. The molecule has 0 radical (unpaired) electrons. The zero-order valence-corrected chi connectivity index (χ0v) is 14.0. The quantitative estimate of drug-likeness (QED) is 0.638. The molecule has 4 nitrogen and oxygen atoms in total. The third kappa shape index (κ3) is 4.07. The number of nitrogens with two attached hydrogens (primary N) is 4. The second kappa shape index (κ2) is 7.59. The molecule has 0 aliphatic rings. The minimum absolute atomic E-state index is 0.812. The Kier molecular flexibility index (Phi) is 6.11. The number of nitrogen functional groups attached to an aromatic ring is 4. The molecule has 8 N–H and O–H groups in total. The van der Waals surface area contributed by atoms with E-state index in [2.05, 4.69) is 13.8 Å². The van der Waals surface area contributed by atoms with Crippen molar-refractivity contribution in [1.82, 2.24) is 0 Å². The van der Waals surface area contributed by atoms with Crippen LogP contribution in [0, 0.1) is 13.8 Å². The summed E-state index contributed by atoms with van der Waals surface area (Å²) in [5.74, 6) is 0. The van der Waals surface area contributed by atoms with Gasteiger partial charge in [-0.25, -0.2) is 0 Å². The minimum Gasteiger partial charge on any atom is -0.399 e. The van der Waals surface area contributed by atoms with Crippen molar-refractivity contribution in [3.63, 3.8) is 0 Å². The van der Waals surface area contributed by atoms with Gasteiger partial charge < -0.3 is 22.9 Å². The highest BCUT2D eigenvalue weighted by atomic mass is 14.6. The van der Waals surface area contributed by atoms with E-state index >= 15 is 0 Å². The molecule has 0 atom stereocenters. The minimum atomic E-state index is 0.812. The van der Waals surface area contributed by atoms with Crippen molar-refractivity contribution < 1.29 is 0 Å². The molecule has 0 bridgehead atoms. The lowest BCUT2D eigenvalue weighted by Crippen LogP contribution is -2.00. The smallest absolute Gasteiger partial charge is 0.0380 e. The summed E-state index contributed by atoms with van der Waals surface area (Å²) in [6.45, 7) is 8.12.